The largest absolute Gasteiger partial charge is 0.468 e. The zero-order chi connectivity index (χ0) is 24.9. The van der Waals surface area contributed by atoms with E-state index in [9.17, 15) is 14.4 Å². The van der Waals surface area contributed by atoms with E-state index in [1.54, 1.807) is 4.90 Å². The van der Waals surface area contributed by atoms with E-state index in [-0.39, 0.29) is 41.8 Å². The molecule has 2 saturated heterocycles. The van der Waals surface area contributed by atoms with Crippen molar-refractivity contribution in [3.63, 3.8) is 0 Å². The summed E-state index contributed by atoms with van der Waals surface area (Å²) in [5.74, 6) is -0.161. The van der Waals surface area contributed by atoms with Crippen LogP contribution in [-0.4, -0.2) is 97.5 Å². The summed E-state index contributed by atoms with van der Waals surface area (Å²) in [4.78, 5) is 45.2. The van der Waals surface area contributed by atoms with Crippen LogP contribution >= 0.6 is 0 Å². The monoisotopic (exact) mass is 466 g/mol. The molecule has 2 rings (SSSR count). The lowest BCUT2D eigenvalue weighted by Gasteiger charge is -2.41. The molecule has 2 aliphatic rings. The molecule has 4 atom stereocenters. The van der Waals surface area contributed by atoms with Gasteiger partial charge in [0.25, 0.3) is 0 Å². The van der Waals surface area contributed by atoms with Crippen molar-refractivity contribution in [2.75, 3.05) is 40.8 Å². The molecular weight excluding hydrogens is 420 g/mol. The number of piperidine rings is 1. The van der Waals surface area contributed by atoms with Crippen molar-refractivity contribution in [1.82, 2.24) is 20.0 Å². The number of hydrogen-bond acceptors (Lipinski definition) is 6. The third-order valence-corrected chi connectivity index (χ3v) is 7.35. The molecule has 0 saturated carbocycles. The van der Waals surface area contributed by atoms with E-state index in [2.05, 4.69) is 29.0 Å². The summed E-state index contributed by atoms with van der Waals surface area (Å²) in [6.07, 6.45) is 4.68. The summed E-state index contributed by atoms with van der Waals surface area (Å²) in [5, 5.41) is 3.10. The molecule has 2 heterocycles. The maximum atomic E-state index is 13.8. The fraction of sp³-hybridized carbons (Fsp3) is 0.880. The van der Waals surface area contributed by atoms with Crippen molar-refractivity contribution in [2.24, 2.45) is 11.3 Å². The highest BCUT2D eigenvalue weighted by atomic mass is 16.5. The SMILES string of the molecule is COC(=O)[C@@H]1CCCN1C[C@H](C(C)C)N(C)C(=O)[C@@H](NC(=O)C1CCCCN1C)C(C)(C)C. The van der Waals surface area contributed by atoms with E-state index in [1.165, 1.54) is 7.11 Å². The van der Waals surface area contributed by atoms with Crippen molar-refractivity contribution in [3.8, 4) is 0 Å². The third kappa shape index (κ3) is 6.92. The first-order valence-corrected chi connectivity index (χ1v) is 12.5. The minimum Gasteiger partial charge on any atom is -0.468 e. The van der Waals surface area contributed by atoms with Crippen LogP contribution in [0.15, 0.2) is 0 Å². The molecule has 33 heavy (non-hydrogen) atoms. The Balaban J connectivity index is 2.17. The van der Waals surface area contributed by atoms with Crippen molar-refractivity contribution < 1.29 is 19.1 Å². The summed E-state index contributed by atoms with van der Waals surface area (Å²) >= 11 is 0. The van der Waals surface area contributed by atoms with Crippen LogP contribution in [0.25, 0.3) is 0 Å². The number of ether oxygens (including phenoxy) is 1. The Kier molecular flexibility index (Phi) is 9.73. The molecule has 0 aromatic rings. The predicted molar refractivity (Wildman–Crippen MR) is 130 cm³/mol. The summed E-state index contributed by atoms with van der Waals surface area (Å²) in [6.45, 7) is 12.5. The Morgan fingerprint density at radius 2 is 1.70 bits per heavy atom. The van der Waals surface area contributed by atoms with Gasteiger partial charge >= 0.3 is 5.97 Å². The summed E-state index contributed by atoms with van der Waals surface area (Å²) in [5.41, 5.74) is -0.433. The first-order chi connectivity index (χ1) is 15.4. The Bertz CT molecular complexity index is 690. The summed E-state index contributed by atoms with van der Waals surface area (Å²) < 4.78 is 4.99. The lowest BCUT2D eigenvalue weighted by molar-refractivity contribution is -0.147. The molecule has 8 nitrogen and oxygen atoms in total. The van der Waals surface area contributed by atoms with E-state index in [1.807, 2.05) is 34.9 Å². The molecule has 0 spiro atoms. The Morgan fingerprint density at radius 1 is 1.06 bits per heavy atom. The van der Waals surface area contributed by atoms with Crippen LogP contribution in [-0.2, 0) is 19.1 Å². The lowest BCUT2D eigenvalue weighted by atomic mass is 9.84. The minimum atomic E-state index is -0.624. The quantitative estimate of drug-likeness (QED) is 0.552. The average Bonchev–Trinajstić information content (AvgIpc) is 3.21. The second kappa shape index (κ2) is 11.6. The molecule has 2 aliphatic heterocycles. The van der Waals surface area contributed by atoms with Crippen LogP contribution in [0.4, 0.5) is 0 Å². The first-order valence-electron chi connectivity index (χ1n) is 12.5. The number of carbonyl (C=O) groups excluding carboxylic acids is 3. The van der Waals surface area contributed by atoms with Gasteiger partial charge in [0.2, 0.25) is 11.8 Å². The zero-order valence-corrected chi connectivity index (χ0v) is 22.0. The summed E-state index contributed by atoms with van der Waals surface area (Å²) in [6, 6.07) is -1.14. The Morgan fingerprint density at radius 3 is 2.24 bits per heavy atom. The first kappa shape index (κ1) is 27.6. The number of amides is 2. The van der Waals surface area contributed by atoms with E-state index in [4.69, 9.17) is 4.74 Å². The van der Waals surface area contributed by atoms with Crippen molar-refractivity contribution in [2.45, 2.75) is 90.9 Å². The number of methoxy groups -OCH3 is 1. The van der Waals surface area contributed by atoms with Gasteiger partial charge in [-0.15, -0.1) is 0 Å². The van der Waals surface area contributed by atoms with E-state index in [0.29, 0.717) is 6.54 Å². The van der Waals surface area contributed by atoms with Crippen LogP contribution in [0.1, 0.15) is 66.7 Å². The number of likely N-dealkylation sites (tertiary alicyclic amines) is 2. The van der Waals surface area contributed by atoms with E-state index in [0.717, 1.165) is 45.2 Å². The third-order valence-electron chi connectivity index (χ3n) is 7.35. The number of carbonyl (C=O) groups is 3. The van der Waals surface area contributed by atoms with Crippen molar-refractivity contribution in [3.05, 3.63) is 0 Å². The van der Waals surface area contributed by atoms with Crippen LogP contribution in [0.5, 0.6) is 0 Å². The average molecular weight is 467 g/mol. The molecule has 0 radical (unpaired) electrons. The van der Waals surface area contributed by atoms with Crippen molar-refractivity contribution in [1.29, 1.82) is 0 Å². The summed E-state index contributed by atoms with van der Waals surface area (Å²) in [7, 11) is 5.23. The van der Waals surface area contributed by atoms with Crippen LogP contribution in [0.2, 0.25) is 0 Å². The normalized spacial score (nSPS) is 24.4. The Hall–Kier alpha value is -1.67. The molecule has 0 bridgehead atoms. The number of esters is 1. The molecule has 0 aliphatic carbocycles. The van der Waals surface area contributed by atoms with Gasteiger partial charge in [-0.2, -0.15) is 0 Å². The molecule has 0 aromatic heterocycles. The van der Waals surface area contributed by atoms with Gasteiger partial charge < -0.3 is 15.0 Å². The number of nitrogens with one attached hydrogen (secondary N) is 1. The molecule has 1 unspecified atom stereocenters. The van der Waals surface area contributed by atoms with Crippen molar-refractivity contribution >= 4 is 17.8 Å². The number of hydrogen-bond donors (Lipinski definition) is 1. The highest BCUT2D eigenvalue weighted by Crippen LogP contribution is 2.26. The molecule has 2 fully saturated rings. The van der Waals surface area contributed by atoms with E-state index < -0.39 is 11.5 Å². The van der Waals surface area contributed by atoms with Crippen LogP contribution < -0.4 is 5.32 Å². The van der Waals surface area contributed by atoms with Crippen LogP contribution in [0.3, 0.4) is 0 Å². The van der Waals surface area contributed by atoms with Gasteiger partial charge in [-0.25, -0.2) is 0 Å². The number of rotatable bonds is 8. The zero-order valence-electron chi connectivity index (χ0n) is 22.0. The Labute approximate surface area is 200 Å². The van der Waals surface area contributed by atoms with Gasteiger partial charge in [-0.05, 0) is 57.2 Å². The molecule has 0 aromatic carbocycles. The van der Waals surface area contributed by atoms with Gasteiger partial charge in [-0.1, -0.05) is 41.0 Å². The highest BCUT2D eigenvalue weighted by molar-refractivity contribution is 5.90. The van der Waals surface area contributed by atoms with Gasteiger partial charge in [0.05, 0.1) is 13.2 Å². The smallest absolute Gasteiger partial charge is 0.323 e. The number of likely N-dealkylation sites (N-methyl/N-ethyl adjacent to an activating group) is 2. The lowest BCUT2D eigenvalue weighted by Crippen LogP contribution is -2.61. The maximum Gasteiger partial charge on any atom is 0.323 e. The second-order valence-electron chi connectivity index (χ2n) is 11.2. The predicted octanol–water partition coefficient (Wildman–Crippen LogP) is 2.12. The fourth-order valence-corrected chi connectivity index (χ4v) is 5.13. The van der Waals surface area contributed by atoms with Crippen LogP contribution in [0, 0.1) is 11.3 Å². The highest BCUT2D eigenvalue weighted by Gasteiger charge is 2.41. The van der Waals surface area contributed by atoms with Gasteiger partial charge in [-0.3, -0.25) is 24.2 Å². The molecule has 190 valence electrons. The second-order valence-corrected chi connectivity index (χ2v) is 11.2. The maximum absolute atomic E-state index is 13.8. The molecule has 2 amide bonds. The van der Waals surface area contributed by atoms with Gasteiger partial charge in [0.15, 0.2) is 0 Å². The van der Waals surface area contributed by atoms with Gasteiger partial charge in [0, 0.05) is 19.6 Å². The van der Waals surface area contributed by atoms with E-state index >= 15 is 0 Å². The standard InChI is InChI=1S/C25H46N4O4/c1-17(2)20(16-29-15-11-13-19(29)24(32)33-8)28(7)23(31)21(25(3,4)5)26-22(30)18-12-9-10-14-27(18)6/h17-21H,9-16H2,1-8H3,(H,26,30)/t18?,19-,20+,21+/m0/s1. The number of nitrogens with zero attached hydrogens (tertiary/aromatic N) is 3. The molecule has 8 heteroatoms. The topological polar surface area (TPSA) is 82.2 Å². The fourth-order valence-electron chi connectivity index (χ4n) is 5.13. The minimum absolute atomic E-state index is 0.0646. The molecular formula is C25H46N4O4. The van der Waals surface area contributed by atoms with Gasteiger partial charge in [0.1, 0.15) is 12.1 Å². The molecule has 1 N–H and O–H groups in total.